The van der Waals surface area contributed by atoms with Gasteiger partial charge in [0.05, 0.1) is 19.0 Å². The second-order valence-corrected chi connectivity index (χ2v) is 8.95. The monoisotopic (exact) mass is 511 g/mol. The summed E-state index contributed by atoms with van der Waals surface area (Å²) in [6.45, 7) is 0.326. The summed E-state index contributed by atoms with van der Waals surface area (Å²) in [6, 6.07) is 23.1. The van der Waals surface area contributed by atoms with Crippen LogP contribution in [0, 0.1) is 23.0 Å². The van der Waals surface area contributed by atoms with Crippen molar-refractivity contribution in [3.8, 4) is 6.07 Å². The molecule has 0 aromatic heterocycles. The molecule has 1 amide bonds. The molecule has 3 aromatic carbocycles. The van der Waals surface area contributed by atoms with Gasteiger partial charge in [-0.15, -0.1) is 0 Å². The molecule has 0 aliphatic carbocycles. The van der Waals surface area contributed by atoms with Gasteiger partial charge >= 0.3 is 6.09 Å². The number of carbonyl (C=O) groups is 1. The van der Waals surface area contributed by atoms with Gasteiger partial charge in [0, 0.05) is 11.1 Å². The Bertz CT molecular complexity index is 1490. The molecule has 0 radical (unpaired) electrons. The van der Waals surface area contributed by atoms with E-state index in [0.717, 1.165) is 5.56 Å². The first-order valence-electron chi connectivity index (χ1n) is 11.9. The Kier molecular flexibility index (Phi) is 6.92. The van der Waals surface area contributed by atoms with E-state index in [-0.39, 0.29) is 37.0 Å². The second-order valence-electron chi connectivity index (χ2n) is 8.95. The highest BCUT2D eigenvalue weighted by molar-refractivity contribution is 5.72. The van der Waals surface area contributed by atoms with Gasteiger partial charge in [-0.3, -0.25) is 4.90 Å². The molecule has 8 heteroatoms. The smallest absolute Gasteiger partial charge is 0.410 e. The molecule has 0 spiro atoms. The average Bonchev–Trinajstić information content (AvgIpc) is 2.93. The third-order valence-electron chi connectivity index (χ3n) is 6.42. The van der Waals surface area contributed by atoms with Crippen LogP contribution >= 0.6 is 0 Å². The maximum atomic E-state index is 13.7. The van der Waals surface area contributed by atoms with E-state index in [1.807, 2.05) is 30.3 Å². The molecular weight excluding hydrogens is 488 g/mol. The third-order valence-corrected chi connectivity index (χ3v) is 6.42. The molecule has 6 nitrogen and oxygen atoms in total. The van der Waals surface area contributed by atoms with Crippen molar-refractivity contribution in [2.75, 3.05) is 13.1 Å². The number of carbonyl (C=O) groups excluding carboxylic acids is 1. The average molecular weight is 512 g/mol. The molecule has 190 valence electrons. The minimum Gasteiger partial charge on any atom is -0.445 e. The largest absolute Gasteiger partial charge is 0.445 e. The fourth-order valence-electron chi connectivity index (χ4n) is 4.61. The van der Waals surface area contributed by atoms with Crippen LogP contribution in [0.3, 0.4) is 0 Å². The lowest BCUT2D eigenvalue weighted by Crippen LogP contribution is -2.41. The molecule has 2 aliphatic heterocycles. The Morgan fingerprint density at radius 1 is 1.03 bits per heavy atom. The maximum absolute atomic E-state index is 13.7. The fourth-order valence-corrected chi connectivity index (χ4v) is 4.61. The van der Waals surface area contributed by atoms with Gasteiger partial charge in [-0.25, -0.2) is 13.6 Å². The first kappa shape index (κ1) is 24.8. The molecule has 0 unspecified atom stereocenters. The van der Waals surface area contributed by atoms with Crippen LogP contribution in [0.4, 0.5) is 13.6 Å². The van der Waals surface area contributed by atoms with Gasteiger partial charge in [-0.1, -0.05) is 54.6 Å². The van der Waals surface area contributed by atoms with Crippen LogP contribution in [0.1, 0.15) is 22.6 Å². The van der Waals surface area contributed by atoms with Gasteiger partial charge in [0.25, 0.3) is 0 Å². The molecule has 2 N–H and O–H groups in total. The lowest BCUT2D eigenvalue weighted by atomic mass is 9.80. The lowest BCUT2D eigenvalue weighted by Gasteiger charge is -2.37. The Balaban J connectivity index is 1.55. The summed E-state index contributed by atoms with van der Waals surface area (Å²) >= 11 is 0. The predicted molar refractivity (Wildman–Crippen MR) is 137 cm³/mol. The van der Waals surface area contributed by atoms with Crippen LogP contribution < -0.4 is 5.73 Å². The van der Waals surface area contributed by atoms with Gasteiger partial charge in [0.2, 0.25) is 5.88 Å². The normalized spacial score (nSPS) is 18.1. The zero-order chi connectivity index (χ0) is 26.6. The van der Waals surface area contributed by atoms with E-state index >= 15 is 0 Å². The highest BCUT2D eigenvalue weighted by atomic mass is 19.1. The number of amides is 1. The summed E-state index contributed by atoms with van der Waals surface area (Å²) in [6.07, 6.45) is 1.22. The van der Waals surface area contributed by atoms with Gasteiger partial charge in [-0.05, 0) is 47.0 Å². The van der Waals surface area contributed by atoms with Crippen molar-refractivity contribution in [2.45, 2.75) is 12.5 Å². The summed E-state index contributed by atoms with van der Waals surface area (Å²) in [5.41, 5.74) is 9.70. The van der Waals surface area contributed by atoms with E-state index in [2.05, 4.69) is 6.07 Å². The minimum atomic E-state index is -0.661. The SMILES string of the molecule is N#CC1=C(N)OC2=C(CN(C(=O)OCc3ccccc3)C/C2=C/c2ccc(F)cc2)[C@@H]1c1ccc(F)cc1. The van der Waals surface area contributed by atoms with Crippen LogP contribution in [0.25, 0.3) is 6.08 Å². The summed E-state index contributed by atoms with van der Waals surface area (Å²) in [4.78, 5) is 14.7. The van der Waals surface area contributed by atoms with Crippen molar-refractivity contribution < 1.29 is 23.0 Å². The summed E-state index contributed by atoms with van der Waals surface area (Å²) in [5.74, 6) is -1.10. The van der Waals surface area contributed by atoms with E-state index in [9.17, 15) is 18.8 Å². The number of hydrogen-bond donors (Lipinski definition) is 1. The van der Waals surface area contributed by atoms with Crippen molar-refractivity contribution in [3.05, 3.63) is 136 Å². The number of nitriles is 1. The zero-order valence-corrected chi connectivity index (χ0v) is 20.2. The van der Waals surface area contributed by atoms with Crippen molar-refractivity contribution >= 4 is 12.2 Å². The zero-order valence-electron chi connectivity index (χ0n) is 20.2. The van der Waals surface area contributed by atoms with E-state index < -0.39 is 17.8 Å². The molecule has 0 fully saturated rings. The summed E-state index contributed by atoms with van der Waals surface area (Å²) < 4.78 is 38.8. The standard InChI is InChI=1S/C30H23F2N3O3/c31-23-10-6-19(7-11-23)14-22-16-35(30(36)37-18-20-4-2-1-3-5-20)17-26-27(21-8-12-24(32)13-9-21)25(15-33)29(34)38-28(22)26/h1-14,27H,16-18,34H2/b22-14-/t27-/m1/s1. The molecule has 0 bridgehead atoms. The summed E-state index contributed by atoms with van der Waals surface area (Å²) in [7, 11) is 0. The molecule has 38 heavy (non-hydrogen) atoms. The first-order chi connectivity index (χ1) is 18.4. The van der Waals surface area contributed by atoms with Gasteiger partial charge in [0.1, 0.15) is 35.6 Å². The predicted octanol–water partition coefficient (Wildman–Crippen LogP) is 5.76. The van der Waals surface area contributed by atoms with Crippen LogP contribution in [0.5, 0.6) is 0 Å². The molecule has 3 aromatic rings. The van der Waals surface area contributed by atoms with E-state index in [1.54, 1.807) is 30.3 Å². The van der Waals surface area contributed by atoms with Crippen molar-refractivity contribution in [1.29, 1.82) is 5.26 Å². The Labute approximate surface area is 218 Å². The Hall–Kier alpha value is -4.90. The number of allylic oxidation sites excluding steroid dienone is 1. The number of hydrogen-bond acceptors (Lipinski definition) is 5. The molecule has 5 rings (SSSR count). The van der Waals surface area contributed by atoms with E-state index in [4.69, 9.17) is 15.2 Å². The number of halogens is 2. The topological polar surface area (TPSA) is 88.6 Å². The lowest BCUT2D eigenvalue weighted by molar-refractivity contribution is 0.0983. The van der Waals surface area contributed by atoms with Crippen LogP contribution in [0.15, 0.2) is 107 Å². The number of ether oxygens (including phenoxy) is 2. The van der Waals surface area contributed by atoms with E-state index in [0.29, 0.717) is 28.0 Å². The highest BCUT2D eigenvalue weighted by Gasteiger charge is 2.39. The highest BCUT2D eigenvalue weighted by Crippen LogP contribution is 2.44. The fraction of sp³-hybridized carbons (Fsp3) is 0.133. The van der Waals surface area contributed by atoms with Crippen molar-refractivity contribution in [1.82, 2.24) is 4.90 Å². The molecule has 1 atom stereocenters. The minimum absolute atomic E-state index is 0.0642. The number of nitrogens with zero attached hydrogens (tertiary/aromatic N) is 2. The Morgan fingerprint density at radius 3 is 2.34 bits per heavy atom. The molecular formula is C30H23F2N3O3. The molecule has 0 saturated carbocycles. The van der Waals surface area contributed by atoms with Crippen LogP contribution in [-0.4, -0.2) is 24.1 Å². The molecule has 0 saturated heterocycles. The quantitative estimate of drug-likeness (QED) is 0.481. The molecule has 2 aliphatic rings. The second kappa shape index (κ2) is 10.6. The number of nitrogens with two attached hydrogens (primary N) is 1. The Morgan fingerprint density at radius 2 is 1.68 bits per heavy atom. The van der Waals surface area contributed by atoms with Gasteiger partial charge < -0.3 is 15.2 Å². The van der Waals surface area contributed by atoms with E-state index in [1.165, 1.54) is 29.2 Å². The first-order valence-corrected chi connectivity index (χ1v) is 11.9. The number of rotatable bonds is 4. The van der Waals surface area contributed by atoms with Crippen molar-refractivity contribution in [2.24, 2.45) is 5.73 Å². The van der Waals surface area contributed by atoms with Crippen LogP contribution in [-0.2, 0) is 16.1 Å². The van der Waals surface area contributed by atoms with Crippen LogP contribution in [0.2, 0.25) is 0 Å². The third kappa shape index (κ3) is 5.13. The number of benzene rings is 3. The van der Waals surface area contributed by atoms with Crippen molar-refractivity contribution in [3.63, 3.8) is 0 Å². The maximum Gasteiger partial charge on any atom is 0.410 e. The molecule has 2 heterocycles. The van der Waals surface area contributed by atoms with Gasteiger partial charge in [0.15, 0.2) is 0 Å². The summed E-state index contributed by atoms with van der Waals surface area (Å²) in [5, 5.41) is 9.93. The van der Waals surface area contributed by atoms with Gasteiger partial charge in [-0.2, -0.15) is 5.26 Å².